The van der Waals surface area contributed by atoms with Gasteiger partial charge in [0.1, 0.15) is 11.5 Å². The average Bonchev–Trinajstić information content (AvgIpc) is 3.68. The van der Waals surface area contributed by atoms with Crippen molar-refractivity contribution in [2.45, 2.75) is 42.9 Å². The third kappa shape index (κ3) is 3.57. The van der Waals surface area contributed by atoms with Gasteiger partial charge in [0, 0.05) is 16.5 Å². The lowest BCUT2D eigenvalue weighted by molar-refractivity contribution is -0.0399. The van der Waals surface area contributed by atoms with Crippen LogP contribution in [-0.2, 0) is 10.8 Å². The molecule has 54 heavy (non-hydrogen) atoms. The van der Waals surface area contributed by atoms with Crippen molar-refractivity contribution < 1.29 is 4.74 Å². The molecule has 0 radical (unpaired) electrons. The number of hydrogen-bond acceptors (Lipinski definition) is 1. The van der Waals surface area contributed by atoms with Crippen molar-refractivity contribution >= 4 is 0 Å². The van der Waals surface area contributed by atoms with Crippen molar-refractivity contribution in [2.75, 3.05) is 0 Å². The maximum atomic E-state index is 6.79. The highest BCUT2D eigenvalue weighted by atomic mass is 16.5. The highest BCUT2D eigenvalue weighted by Crippen LogP contribution is 2.70. The molecule has 0 saturated heterocycles. The summed E-state index contributed by atoms with van der Waals surface area (Å²) < 4.78 is 6.79. The second-order valence-corrected chi connectivity index (χ2v) is 17.2. The van der Waals surface area contributed by atoms with Crippen LogP contribution in [0.25, 0.3) is 44.5 Å². The van der Waals surface area contributed by atoms with Crippen molar-refractivity contribution in [3.63, 3.8) is 0 Å². The monoisotopic (exact) mass is 692 g/mol. The number of ether oxygens (including phenoxy) is 1. The third-order valence-corrected chi connectivity index (χ3v) is 15.0. The molecule has 4 bridgehead atoms. The molecule has 258 valence electrons. The van der Waals surface area contributed by atoms with Gasteiger partial charge in [-0.25, -0.2) is 0 Å². The molecule has 1 nitrogen and oxygen atoms in total. The fraction of sp³-hybridized carbons (Fsp3) is 0.208. The van der Waals surface area contributed by atoms with Gasteiger partial charge < -0.3 is 4.74 Å². The lowest BCUT2D eigenvalue weighted by atomic mass is 9.43. The Morgan fingerprint density at radius 1 is 0.352 bits per heavy atom. The molecule has 1 heteroatoms. The van der Waals surface area contributed by atoms with E-state index < -0.39 is 5.41 Å². The molecule has 4 saturated carbocycles. The first-order chi connectivity index (χ1) is 26.7. The summed E-state index contributed by atoms with van der Waals surface area (Å²) in [5, 5.41) is 0. The van der Waals surface area contributed by atoms with E-state index in [1.807, 2.05) is 0 Å². The highest BCUT2D eigenvalue weighted by molar-refractivity contribution is 5.92. The molecule has 2 spiro atoms. The highest BCUT2D eigenvalue weighted by Gasteiger charge is 2.61. The van der Waals surface area contributed by atoms with Crippen molar-refractivity contribution in [3.8, 4) is 56.0 Å². The molecule has 4 fully saturated rings. The summed E-state index contributed by atoms with van der Waals surface area (Å²) in [7, 11) is 0. The van der Waals surface area contributed by atoms with Crippen LogP contribution in [0, 0.1) is 23.7 Å². The Bertz CT molecular complexity index is 2660. The van der Waals surface area contributed by atoms with E-state index in [0.717, 1.165) is 35.2 Å². The van der Waals surface area contributed by atoms with E-state index in [1.165, 1.54) is 98.9 Å². The van der Waals surface area contributed by atoms with Crippen LogP contribution in [0.3, 0.4) is 0 Å². The number of para-hydroxylation sites is 1. The molecule has 6 aliphatic carbocycles. The predicted molar refractivity (Wildman–Crippen MR) is 218 cm³/mol. The summed E-state index contributed by atoms with van der Waals surface area (Å²) in [5.41, 5.74) is 18.7. The number of benzene rings is 7. The predicted octanol–water partition coefficient (Wildman–Crippen LogP) is 13.2. The summed E-state index contributed by atoms with van der Waals surface area (Å²) in [6.07, 6.45) is 7.07. The molecule has 7 aliphatic rings. The van der Waals surface area contributed by atoms with Gasteiger partial charge in [0.2, 0.25) is 0 Å². The van der Waals surface area contributed by atoms with Gasteiger partial charge in [0.05, 0.1) is 5.41 Å². The van der Waals surface area contributed by atoms with E-state index in [4.69, 9.17) is 4.74 Å². The second kappa shape index (κ2) is 10.5. The Morgan fingerprint density at radius 2 is 0.796 bits per heavy atom. The summed E-state index contributed by atoms with van der Waals surface area (Å²) >= 11 is 0. The van der Waals surface area contributed by atoms with Crippen LogP contribution >= 0.6 is 0 Å². The van der Waals surface area contributed by atoms with Gasteiger partial charge in [0.15, 0.2) is 0 Å². The van der Waals surface area contributed by atoms with Crippen molar-refractivity contribution in [1.29, 1.82) is 0 Å². The van der Waals surface area contributed by atoms with Gasteiger partial charge in [-0.1, -0.05) is 133 Å². The Hall–Kier alpha value is -5.66. The van der Waals surface area contributed by atoms with Crippen LogP contribution in [0.4, 0.5) is 0 Å². The van der Waals surface area contributed by atoms with E-state index in [9.17, 15) is 0 Å². The zero-order valence-electron chi connectivity index (χ0n) is 30.3. The van der Waals surface area contributed by atoms with E-state index in [2.05, 4.69) is 158 Å². The zero-order chi connectivity index (χ0) is 35.2. The molecule has 7 aromatic rings. The van der Waals surface area contributed by atoms with Crippen molar-refractivity contribution in [3.05, 3.63) is 191 Å². The number of rotatable bonds is 2. The van der Waals surface area contributed by atoms with Crippen LogP contribution in [-0.4, -0.2) is 0 Å². The maximum absolute atomic E-state index is 6.79. The molecule has 0 atom stereocenters. The first-order valence-electron chi connectivity index (χ1n) is 20.2. The molecule has 1 aliphatic heterocycles. The van der Waals surface area contributed by atoms with E-state index in [1.54, 1.807) is 11.1 Å². The summed E-state index contributed by atoms with van der Waals surface area (Å²) in [4.78, 5) is 0. The molecule has 0 unspecified atom stereocenters. The van der Waals surface area contributed by atoms with Gasteiger partial charge in [-0.3, -0.25) is 0 Å². The van der Waals surface area contributed by atoms with Crippen molar-refractivity contribution in [1.82, 2.24) is 0 Å². The molecule has 7 aromatic carbocycles. The van der Waals surface area contributed by atoms with Crippen molar-refractivity contribution in [2.24, 2.45) is 23.7 Å². The molecule has 0 N–H and O–H groups in total. The summed E-state index contributed by atoms with van der Waals surface area (Å²) in [6, 6.07) is 59.8. The number of fused-ring (bicyclic) bond motifs is 12. The van der Waals surface area contributed by atoms with Gasteiger partial charge in [-0.2, -0.15) is 0 Å². The standard InChI is InChI=1S/C53H40O/c1-2-12-39(38(11-1)34-21-23-43-42-15-3-6-16-44(42)52(48(43)30-34)36-26-32-25-33(28-36)29-37(52)27-32)35-22-24-51-49(31-35)53(47-19-9-10-20-50(47)54-51)45-17-7-4-13-40(45)41-14-5-8-18-46(41)53/h1-24,30-33,36-37H,25-29H2. The summed E-state index contributed by atoms with van der Waals surface area (Å²) in [6.45, 7) is 0. The Labute approximate surface area is 317 Å². The minimum Gasteiger partial charge on any atom is -0.457 e. The minimum absolute atomic E-state index is 0.149. The van der Waals surface area contributed by atoms with E-state index in [-0.39, 0.29) is 5.41 Å². The Morgan fingerprint density at radius 3 is 1.43 bits per heavy atom. The quantitative estimate of drug-likeness (QED) is 0.175. The Kier molecular flexibility index (Phi) is 5.79. The van der Waals surface area contributed by atoms with Crippen LogP contribution in [0.5, 0.6) is 11.5 Å². The molecule has 14 rings (SSSR count). The normalized spacial score (nSPS) is 25.0. The van der Waals surface area contributed by atoms with Gasteiger partial charge in [0.25, 0.3) is 0 Å². The molecule has 1 heterocycles. The molecule has 0 aromatic heterocycles. The van der Waals surface area contributed by atoms with Gasteiger partial charge in [-0.05, 0) is 147 Å². The lowest BCUT2D eigenvalue weighted by Crippen LogP contribution is -2.55. The van der Waals surface area contributed by atoms with Gasteiger partial charge >= 0.3 is 0 Å². The minimum atomic E-state index is -0.479. The van der Waals surface area contributed by atoms with Gasteiger partial charge in [-0.15, -0.1) is 0 Å². The van der Waals surface area contributed by atoms with Crippen LogP contribution < -0.4 is 4.74 Å². The fourth-order valence-corrected chi connectivity index (χ4v) is 13.3. The van der Waals surface area contributed by atoms with E-state index >= 15 is 0 Å². The lowest BCUT2D eigenvalue weighted by Gasteiger charge is -2.61. The molecular weight excluding hydrogens is 653 g/mol. The van der Waals surface area contributed by atoms with Crippen LogP contribution in [0.15, 0.2) is 158 Å². The largest absolute Gasteiger partial charge is 0.457 e. The molecular formula is C53H40O. The average molecular weight is 693 g/mol. The fourth-order valence-electron chi connectivity index (χ4n) is 13.3. The number of hydrogen-bond donors (Lipinski definition) is 0. The smallest absolute Gasteiger partial charge is 0.132 e. The Balaban J connectivity index is 1.01. The topological polar surface area (TPSA) is 9.23 Å². The SMILES string of the molecule is c1ccc2c(c1)Oc1ccc(-c3ccccc3-c3ccc4c(c3)C3(c5ccccc5-4)C4CC5CC(C4)CC3C5)cc1C21c2ccccc2-c2ccccc21. The van der Waals surface area contributed by atoms with Crippen LogP contribution in [0.2, 0.25) is 0 Å². The second-order valence-electron chi connectivity index (χ2n) is 17.2. The first kappa shape index (κ1) is 29.8. The molecule has 0 amide bonds. The maximum Gasteiger partial charge on any atom is 0.132 e. The summed E-state index contributed by atoms with van der Waals surface area (Å²) in [5.74, 6) is 5.22. The first-order valence-corrected chi connectivity index (χ1v) is 20.2. The van der Waals surface area contributed by atoms with Crippen LogP contribution in [0.1, 0.15) is 65.5 Å². The zero-order valence-corrected chi connectivity index (χ0v) is 30.3. The third-order valence-electron chi connectivity index (χ3n) is 15.0. The van der Waals surface area contributed by atoms with E-state index in [0.29, 0.717) is 0 Å².